The summed E-state index contributed by atoms with van der Waals surface area (Å²) in [4.78, 5) is 8.64. The first kappa shape index (κ1) is 14.4. The molecule has 7 nitrogen and oxygen atoms in total. The van der Waals surface area contributed by atoms with E-state index < -0.39 is 0 Å². The highest BCUT2D eigenvalue weighted by Crippen LogP contribution is 2.23. The van der Waals surface area contributed by atoms with Crippen molar-refractivity contribution in [1.82, 2.24) is 29.4 Å². The molecule has 24 heavy (non-hydrogen) atoms. The smallest absolute Gasteiger partial charge is 0.254 e. The average Bonchev–Trinajstić information content (AvgIpc) is 3.23. The minimum absolute atomic E-state index is 0.588. The molecule has 0 radical (unpaired) electrons. The molecular formula is C17H17N7. The fraction of sp³-hybridized carbons (Fsp3) is 0.176. The minimum atomic E-state index is 0.588. The molecule has 0 bridgehead atoms. The second-order valence-electron chi connectivity index (χ2n) is 5.47. The predicted octanol–water partition coefficient (Wildman–Crippen LogP) is 2.92. The van der Waals surface area contributed by atoms with Crippen molar-refractivity contribution in [2.45, 2.75) is 20.3 Å². The number of aromatic nitrogens is 6. The topological polar surface area (TPSA) is 72.9 Å². The molecule has 120 valence electrons. The Morgan fingerprint density at radius 2 is 1.96 bits per heavy atom. The molecule has 0 saturated carbocycles. The van der Waals surface area contributed by atoms with Gasteiger partial charge in [0.1, 0.15) is 12.1 Å². The zero-order chi connectivity index (χ0) is 16.5. The number of benzene rings is 1. The van der Waals surface area contributed by atoms with E-state index in [0.717, 1.165) is 35.0 Å². The largest absolute Gasteiger partial charge is 0.337 e. The summed E-state index contributed by atoms with van der Waals surface area (Å²) < 4.78 is 3.60. The van der Waals surface area contributed by atoms with Crippen LogP contribution in [0.15, 0.2) is 48.9 Å². The van der Waals surface area contributed by atoms with Gasteiger partial charge >= 0.3 is 0 Å². The van der Waals surface area contributed by atoms with Gasteiger partial charge in [-0.3, -0.25) is 0 Å². The van der Waals surface area contributed by atoms with Crippen LogP contribution in [0.25, 0.3) is 11.5 Å². The molecule has 0 aliphatic heterocycles. The Morgan fingerprint density at radius 1 is 1.12 bits per heavy atom. The van der Waals surface area contributed by atoms with Crippen molar-refractivity contribution >= 4 is 17.3 Å². The van der Waals surface area contributed by atoms with Gasteiger partial charge in [0.25, 0.3) is 5.78 Å². The molecule has 3 aromatic heterocycles. The molecule has 0 aliphatic rings. The Kier molecular flexibility index (Phi) is 3.45. The molecule has 3 heterocycles. The molecule has 1 N–H and O–H groups in total. The van der Waals surface area contributed by atoms with E-state index in [0.29, 0.717) is 5.78 Å². The number of para-hydroxylation sites is 1. The number of nitrogens with one attached hydrogen (secondary N) is 1. The van der Waals surface area contributed by atoms with E-state index in [-0.39, 0.29) is 0 Å². The average molecular weight is 319 g/mol. The SMILES string of the molecule is CCc1cc(Nc2cnn(-c3ccccc3)c2C)n2ncnc2n1. The molecular weight excluding hydrogens is 302 g/mol. The summed E-state index contributed by atoms with van der Waals surface area (Å²) >= 11 is 0. The molecule has 0 amide bonds. The van der Waals surface area contributed by atoms with Gasteiger partial charge in [-0.05, 0) is 25.5 Å². The van der Waals surface area contributed by atoms with Gasteiger partial charge in [0.05, 0.1) is 23.3 Å². The van der Waals surface area contributed by atoms with Gasteiger partial charge < -0.3 is 5.32 Å². The van der Waals surface area contributed by atoms with E-state index in [9.17, 15) is 0 Å². The predicted molar refractivity (Wildman–Crippen MR) is 91.7 cm³/mol. The van der Waals surface area contributed by atoms with Crippen molar-refractivity contribution in [1.29, 1.82) is 0 Å². The summed E-state index contributed by atoms with van der Waals surface area (Å²) in [7, 11) is 0. The summed E-state index contributed by atoms with van der Waals surface area (Å²) in [6.45, 7) is 4.10. The van der Waals surface area contributed by atoms with Crippen LogP contribution in [0.1, 0.15) is 18.3 Å². The van der Waals surface area contributed by atoms with Gasteiger partial charge in [0, 0.05) is 11.8 Å². The Balaban J connectivity index is 1.74. The third-order valence-electron chi connectivity index (χ3n) is 3.94. The maximum absolute atomic E-state index is 4.49. The zero-order valence-corrected chi connectivity index (χ0v) is 13.5. The van der Waals surface area contributed by atoms with Crippen LogP contribution in [0.5, 0.6) is 0 Å². The maximum atomic E-state index is 4.49. The summed E-state index contributed by atoms with van der Waals surface area (Å²) in [5, 5.41) is 12.1. The first-order valence-electron chi connectivity index (χ1n) is 7.83. The number of hydrogen-bond donors (Lipinski definition) is 1. The number of aryl methyl sites for hydroxylation is 1. The molecule has 0 fully saturated rings. The first-order chi connectivity index (χ1) is 11.8. The summed E-state index contributed by atoms with van der Waals surface area (Å²) in [6.07, 6.45) is 4.16. The van der Waals surface area contributed by atoms with Gasteiger partial charge in [-0.25, -0.2) is 9.67 Å². The lowest BCUT2D eigenvalue weighted by Gasteiger charge is -2.09. The standard InChI is InChI=1S/C17H17N7/c1-3-13-9-16(24-17(21-13)18-11-20-24)22-15-10-19-23(12(15)2)14-7-5-4-6-8-14/h4-11,22H,3H2,1-2H3. The van der Waals surface area contributed by atoms with E-state index in [2.05, 4.69) is 32.4 Å². The lowest BCUT2D eigenvalue weighted by molar-refractivity contribution is 0.847. The van der Waals surface area contributed by atoms with E-state index in [1.165, 1.54) is 6.33 Å². The fourth-order valence-corrected chi connectivity index (χ4v) is 2.63. The Morgan fingerprint density at radius 3 is 2.75 bits per heavy atom. The fourth-order valence-electron chi connectivity index (χ4n) is 2.63. The van der Waals surface area contributed by atoms with Crippen molar-refractivity contribution in [3.8, 4) is 5.69 Å². The molecule has 0 atom stereocenters. The van der Waals surface area contributed by atoms with Crippen LogP contribution < -0.4 is 5.32 Å². The van der Waals surface area contributed by atoms with Crippen molar-refractivity contribution < 1.29 is 0 Å². The van der Waals surface area contributed by atoms with Gasteiger partial charge in [-0.1, -0.05) is 25.1 Å². The summed E-state index contributed by atoms with van der Waals surface area (Å²) in [6, 6.07) is 12.0. The molecule has 0 spiro atoms. The van der Waals surface area contributed by atoms with Gasteiger partial charge in [-0.2, -0.15) is 19.7 Å². The molecule has 4 rings (SSSR count). The van der Waals surface area contributed by atoms with E-state index in [4.69, 9.17) is 0 Å². The number of rotatable bonds is 4. The molecule has 7 heteroatoms. The lowest BCUT2D eigenvalue weighted by Crippen LogP contribution is -2.05. The Bertz CT molecular complexity index is 985. The zero-order valence-electron chi connectivity index (χ0n) is 13.5. The van der Waals surface area contributed by atoms with E-state index in [1.807, 2.05) is 54.2 Å². The highest BCUT2D eigenvalue weighted by molar-refractivity contribution is 5.61. The van der Waals surface area contributed by atoms with Crippen LogP contribution in [0, 0.1) is 6.92 Å². The normalized spacial score (nSPS) is 11.1. The molecule has 1 aromatic carbocycles. The second-order valence-corrected chi connectivity index (χ2v) is 5.47. The van der Waals surface area contributed by atoms with Gasteiger partial charge in [0.2, 0.25) is 0 Å². The van der Waals surface area contributed by atoms with Crippen molar-refractivity contribution in [3.63, 3.8) is 0 Å². The summed E-state index contributed by atoms with van der Waals surface area (Å²) in [5.74, 6) is 1.41. The van der Waals surface area contributed by atoms with Crippen LogP contribution in [0.4, 0.5) is 11.5 Å². The second kappa shape index (κ2) is 5.77. The van der Waals surface area contributed by atoms with Gasteiger partial charge in [-0.15, -0.1) is 0 Å². The highest BCUT2D eigenvalue weighted by Gasteiger charge is 2.12. The van der Waals surface area contributed by atoms with Crippen LogP contribution in [-0.4, -0.2) is 29.4 Å². The quantitative estimate of drug-likeness (QED) is 0.626. The maximum Gasteiger partial charge on any atom is 0.254 e. The van der Waals surface area contributed by atoms with Crippen LogP contribution in [0.2, 0.25) is 0 Å². The number of fused-ring (bicyclic) bond motifs is 1. The van der Waals surface area contributed by atoms with Crippen molar-refractivity contribution in [2.24, 2.45) is 0 Å². The number of anilines is 2. The van der Waals surface area contributed by atoms with Gasteiger partial charge in [0.15, 0.2) is 0 Å². The minimum Gasteiger partial charge on any atom is -0.337 e. The monoisotopic (exact) mass is 319 g/mol. The lowest BCUT2D eigenvalue weighted by atomic mass is 10.3. The third-order valence-corrected chi connectivity index (χ3v) is 3.94. The van der Waals surface area contributed by atoms with Crippen LogP contribution in [0.3, 0.4) is 0 Å². The molecule has 0 aliphatic carbocycles. The first-order valence-corrected chi connectivity index (χ1v) is 7.83. The molecule has 0 unspecified atom stereocenters. The molecule has 0 saturated heterocycles. The van der Waals surface area contributed by atoms with Crippen molar-refractivity contribution in [3.05, 3.63) is 60.3 Å². The number of nitrogens with zero attached hydrogens (tertiary/aromatic N) is 6. The Labute approximate surface area is 139 Å². The highest BCUT2D eigenvalue weighted by atomic mass is 15.4. The molecule has 4 aromatic rings. The van der Waals surface area contributed by atoms with E-state index in [1.54, 1.807) is 4.52 Å². The Hall–Kier alpha value is -3.22. The van der Waals surface area contributed by atoms with E-state index >= 15 is 0 Å². The van der Waals surface area contributed by atoms with Crippen molar-refractivity contribution in [2.75, 3.05) is 5.32 Å². The van der Waals surface area contributed by atoms with Crippen LogP contribution in [-0.2, 0) is 6.42 Å². The van der Waals surface area contributed by atoms with Crippen LogP contribution >= 0.6 is 0 Å². The third kappa shape index (κ3) is 2.40. The summed E-state index contributed by atoms with van der Waals surface area (Å²) in [5.41, 5.74) is 3.93. The number of hydrogen-bond acceptors (Lipinski definition) is 5.